The van der Waals surface area contributed by atoms with Crippen LogP contribution in [0.3, 0.4) is 0 Å². The summed E-state index contributed by atoms with van der Waals surface area (Å²) in [4.78, 5) is 11.4. The summed E-state index contributed by atoms with van der Waals surface area (Å²) in [6.45, 7) is 4.52. The van der Waals surface area contributed by atoms with Crippen LogP contribution in [0.2, 0.25) is 0 Å². The lowest BCUT2D eigenvalue weighted by atomic mass is 9.75. The third-order valence-electron chi connectivity index (χ3n) is 4.95. The molecule has 1 saturated carbocycles. The fraction of sp³-hybridized carbons (Fsp3) is 0.588. The van der Waals surface area contributed by atoms with Crippen molar-refractivity contribution >= 4 is 5.97 Å². The summed E-state index contributed by atoms with van der Waals surface area (Å²) in [5, 5.41) is 12.9. The van der Waals surface area contributed by atoms with Crippen LogP contribution in [-0.4, -0.2) is 23.7 Å². The van der Waals surface area contributed by atoms with E-state index in [2.05, 4.69) is 29.6 Å². The van der Waals surface area contributed by atoms with E-state index in [9.17, 15) is 9.90 Å². The maximum Gasteiger partial charge on any atom is 0.310 e. The Kier molecular flexibility index (Phi) is 4.81. The SMILES string of the molecule is CCC(CC)(CNC1CC(c2ccccc2)C1)C(=O)O. The largest absolute Gasteiger partial charge is 0.481 e. The van der Waals surface area contributed by atoms with Crippen LogP contribution < -0.4 is 5.32 Å². The molecule has 0 unspecified atom stereocenters. The Balaban J connectivity index is 1.81. The van der Waals surface area contributed by atoms with Crippen LogP contribution in [0, 0.1) is 5.41 Å². The van der Waals surface area contributed by atoms with Gasteiger partial charge in [0.1, 0.15) is 0 Å². The molecule has 0 saturated heterocycles. The molecule has 2 rings (SSSR count). The van der Waals surface area contributed by atoms with Gasteiger partial charge in [0, 0.05) is 12.6 Å². The second kappa shape index (κ2) is 6.40. The van der Waals surface area contributed by atoms with E-state index in [1.54, 1.807) is 0 Å². The summed E-state index contributed by atoms with van der Waals surface area (Å²) in [6.07, 6.45) is 3.60. The third kappa shape index (κ3) is 3.04. The number of benzene rings is 1. The summed E-state index contributed by atoms with van der Waals surface area (Å²) >= 11 is 0. The predicted molar refractivity (Wildman–Crippen MR) is 80.9 cm³/mol. The van der Waals surface area contributed by atoms with E-state index in [0.29, 0.717) is 31.3 Å². The van der Waals surface area contributed by atoms with E-state index < -0.39 is 11.4 Å². The van der Waals surface area contributed by atoms with Gasteiger partial charge in [0.25, 0.3) is 0 Å². The molecule has 0 bridgehead atoms. The minimum atomic E-state index is -0.672. The Morgan fingerprint density at radius 3 is 2.35 bits per heavy atom. The third-order valence-corrected chi connectivity index (χ3v) is 4.95. The molecule has 0 aromatic heterocycles. The molecule has 1 fully saturated rings. The van der Waals surface area contributed by atoms with E-state index in [1.165, 1.54) is 5.56 Å². The quantitative estimate of drug-likeness (QED) is 0.801. The molecular formula is C17H25NO2. The molecule has 0 heterocycles. The average molecular weight is 275 g/mol. The van der Waals surface area contributed by atoms with Crippen molar-refractivity contribution in [2.45, 2.75) is 51.5 Å². The first kappa shape index (κ1) is 15.0. The molecule has 0 aliphatic heterocycles. The summed E-state index contributed by atoms with van der Waals surface area (Å²) in [5.74, 6) is -0.0369. The fourth-order valence-corrected chi connectivity index (χ4v) is 3.00. The number of nitrogens with one attached hydrogen (secondary N) is 1. The van der Waals surface area contributed by atoms with Gasteiger partial charge in [0.15, 0.2) is 0 Å². The lowest BCUT2D eigenvalue weighted by molar-refractivity contribution is -0.149. The van der Waals surface area contributed by atoms with Crippen molar-refractivity contribution in [2.24, 2.45) is 5.41 Å². The highest BCUT2D eigenvalue weighted by atomic mass is 16.4. The summed E-state index contributed by atoms with van der Waals surface area (Å²) in [7, 11) is 0. The van der Waals surface area contributed by atoms with Crippen LogP contribution in [-0.2, 0) is 4.79 Å². The number of aliphatic carboxylic acids is 1. The van der Waals surface area contributed by atoms with Gasteiger partial charge >= 0.3 is 5.97 Å². The molecule has 2 N–H and O–H groups in total. The van der Waals surface area contributed by atoms with E-state index in [1.807, 2.05) is 19.9 Å². The molecule has 1 aliphatic rings. The van der Waals surface area contributed by atoms with Crippen molar-refractivity contribution in [2.75, 3.05) is 6.54 Å². The highest BCUT2D eigenvalue weighted by Crippen LogP contribution is 2.37. The first-order valence-corrected chi connectivity index (χ1v) is 7.63. The summed E-state index contributed by atoms with van der Waals surface area (Å²) < 4.78 is 0. The van der Waals surface area contributed by atoms with Crippen LogP contribution >= 0.6 is 0 Å². The maximum absolute atomic E-state index is 11.4. The standard InChI is InChI=1S/C17H25NO2/c1-3-17(4-2,16(19)20)12-18-15-10-14(11-15)13-8-6-5-7-9-13/h5-9,14-15,18H,3-4,10-12H2,1-2H3,(H,19,20). The van der Waals surface area contributed by atoms with Crippen molar-refractivity contribution < 1.29 is 9.90 Å². The van der Waals surface area contributed by atoms with E-state index >= 15 is 0 Å². The Bertz CT molecular complexity index is 434. The molecule has 0 spiro atoms. The molecule has 3 nitrogen and oxygen atoms in total. The number of rotatable bonds is 7. The van der Waals surface area contributed by atoms with Crippen molar-refractivity contribution in [1.29, 1.82) is 0 Å². The number of carbonyl (C=O) groups is 1. The highest BCUT2D eigenvalue weighted by molar-refractivity contribution is 5.74. The smallest absolute Gasteiger partial charge is 0.310 e. The molecule has 0 amide bonds. The number of carboxylic acids is 1. The van der Waals surface area contributed by atoms with Gasteiger partial charge in [-0.3, -0.25) is 4.79 Å². The van der Waals surface area contributed by atoms with Crippen LogP contribution in [0.1, 0.15) is 51.0 Å². The average Bonchev–Trinajstić information content (AvgIpc) is 2.42. The molecule has 20 heavy (non-hydrogen) atoms. The van der Waals surface area contributed by atoms with Gasteiger partial charge in [-0.05, 0) is 37.2 Å². The van der Waals surface area contributed by atoms with E-state index in [4.69, 9.17) is 0 Å². The van der Waals surface area contributed by atoms with Crippen LogP contribution in [0.4, 0.5) is 0 Å². The van der Waals surface area contributed by atoms with Crippen molar-refractivity contribution in [3.05, 3.63) is 35.9 Å². The van der Waals surface area contributed by atoms with Crippen LogP contribution in [0.25, 0.3) is 0 Å². The number of carboxylic acid groups (broad SMARTS) is 1. The zero-order valence-electron chi connectivity index (χ0n) is 12.4. The molecular weight excluding hydrogens is 250 g/mol. The second-order valence-corrected chi connectivity index (χ2v) is 5.95. The summed E-state index contributed by atoms with van der Waals surface area (Å²) in [6, 6.07) is 11.0. The van der Waals surface area contributed by atoms with Gasteiger partial charge < -0.3 is 10.4 Å². The molecule has 1 aliphatic carbocycles. The Hall–Kier alpha value is -1.35. The molecule has 1 aromatic rings. The zero-order chi connectivity index (χ0) is 14.6. The van der Waals surface area contributed by atoms with Gasteiger partial charge in [0.05, 0.1) is 5.41 Å². The molecule has 3 heteroatoms. The predicted octanol–water partition coefficient (Wildman–Crippen LogP) is 3.41. The molecule has 110 valence electrons. The molecule has 0 radical (unpaired) electrons. The first-order chi connectivity index (χ1) is 9.61. The molecule has 1 aromatic carbocycles. The zero-order valence-corrected chi connectivity index (χ0v) is 12.4. The van der Waals surface area contributed by atoms with Crippen molar-refractivity contribution in [3.63, 3.8) is 0 Å². The van der Waals surface area contributed by atoms with Gasteiger partial charge in [0.2, 0.25) is 0 Å². The van der Waals surface area contributed by atoms with Crippen LogP contribution in [0.5, 0.6) is 0 Å². The lowest BCUT2D eigenvalue weighted by Gasteiger charge is -2.39. The van der Waals surface area contributed by atoms with Gasteiger partial charge in [-0.2, -0.15) is 0 Å². The second-order valence-electron chi connectivity index (χ2n) is 5.95. The number of hydrogen-bond donors (Lipinski definition) is 2. The minimum Gasteiger partial charge on any atom is -0.481 e. The summed E-state index contributed by atoms with van der Waals surface area (Å²) in [5.41, 5.74) is 0.804. The Labute approximate surface area is 121 Å². The Morgan fingerprint density at radius 1 is 1.25 bits per heavy atom. The van der Waals surface area contributed by atoms with E-state index in [0.717, 1.165) is 12.8 Å². The monoisotopic (exact) mass is 275 g/mol. The van der Waals surface area contributed by atoms with E-state index in [-0.39, 0.29) is 0 Å². The normalized spacial score (nSPS) is 22.3. The highest BCUT2D eigenvalue weighted by Gasteiger charge is 2.37. The fourth-order valence-electron chi connectivity index (χ4n) is 3.00. The van der Waals surface area contributed by atoms with Gasteiger partial charge in [-0.25, -0.2) is 0 Å². The minimum absolute atomic E-state index is 0.469. The van der Waals surface area contributed by atoms with Gasteiger partial charge in [-0.1, -0.05) is 44.2 Å². The number of hydrogen-bond acceptors (Lipinski definition) is 2. The first-order valence-electron chi connectivity index (χ1n) is 7.63. The topological polar surface area (TPSA) is 49.3 Å². The Morgan fingerprint density at radius 2 is 1.85 bits per heavy atom. The molecule has 0 atom stereocenters. The maximum atomic E-state index is 11.4. The van der Waals surface area contributed by atoms with Crippen LogP contribution in [0.15, 0.2) is 30.3 Å². The van der Waals surface area contributed by atoms with Crippen molar-refractivity contribution in [1.82, 2.24) is 5.32 Å². The van der Waals surface area contributed by atoms with Crippen molar-refractivity contribution in [3.8, 4) is 0 Å². The lowest BCUT2D eigenvalue weighted by Crippen LogP contribution is -2.48. The van der Waals surface area contributed by atoms with Gasteiger partial charge in [-0.15, -0.1) is 0 Å².